The number of nitrogens with zero attached hydrogens (tertiary/aromatic N) is 3. The zero-order valence-electron chi connectivity index (χ0n) is 20.1. The first-order valence-corrected chi connectivity index (χ1v) is 11.3. The Morgan fingerprint density at radius 2 is 0.967 bits per heavy atom. The van der Waals surface area contributed by atoms with Gasteiger partial charge in [-0.2, -0.15) is 0 Å². The van der Waals surface area contributed by atoms with Crippen LogP contribution in [0.15, 0.2) is 18.5 Å². The van der Waals surface area contributed by atoms with Gasteiger partial charge in [0.1, 0.15) is 0 Å². The molecule has 5 nitrogen and oxygen atoms in total. The molecule has 0 saturated carbocycles. The Bertz CT molecular complexity index is 741. The summed E-state index contributed by atoms with van der Waals surface area (Å²) in [5, 5.41) is 0. The summed E-state index contributed by atoms with van der Waals surface area (Å²) >= 11 is 0. The number of pyridine rings is 1. The van der Waals surface area contributed by atoms with Gasteiger partial charge in [-0.05, 0) is 100.0 Å². The molecule has 0 unspecified atom stereocenters. The third-order valence-corrected chi connectivity index (χ3v) is 7.21. The number of carbonyl (C=O) groups is 2. The maximum absolute atomic E-state index is 13.6. The largest absolute Gasteiger partial charge is 0.328 e. The summed E-state index contributed by atoms with van der Waals surface area (Å²) in [6.45, 7) is 17.1. The van der Waals surface area contributed by atoms with Gasteiger partial charge >= 0.3 is 0 Å². The third-order valence-electron chi connectivity index (χ3n) is 7.21. The van der Waals surface area contributed by atoms with Crippen molar-refractivity contribution in [2.45, 2.75) is 116 Å². The van der Waals surface area contributed by atoms with E-state index in [1.54, 1.807) is 18.5 Å². The average molecular weight is 414 g/mol. The molecule has 2 saturated heterocycles. The van der Waals surface area contributed by atoms with Gasteiger partial charge in [-0.15, -0.1) is 0 Å². The van der Waals surface area contributed by atoms with Crippen LogP contribution in [0.4, 0.5) is 0 Å². The average Bonchev–Trinajstić information content (AvgIpc) is 2.58. The Balaban J connectivity index is 1.96. The highest BCUT2D eigenvalue weighted by Gasteiger charge is 2.46. The number of rotatable bonds is 2. The van der Waals surface area contributed by atoms with E-state index in [9.17, 15) is 9.59 Å². The second-order valence-corrected chi connectivity index (χ2v) is 11.7. The predicted molar refractivity (Wildman–Crippen MR) is 121 cm³/mol. The number of piperidine rings is 2. The van der Waals surface area contributed by atoms with Crippen molar-refractivity contribution in [1.82, 2.24) is 14.8 Å². The van der Waals surface area contributed by atoms with Crippen LogP contribution in [0.1, 0.15) is 115 Å². The maximum Gasteiger partial charge on any atom is 0.256 e. The fraction of sp³-hybridized carbons (Fsp3) is 0.720. The molecule has 0 atom stereocenters. The van der Waals surface area contributed by atoms with E-state index in [1.165, 1.54) is 0 Å². The highest BCUT2D eigenvalue weighted by Crippen LogP contribution is 2.41. The first-order chi connectivity index (χ1) is 13.7. The fourth-order valence-corrected chi connectivity index (χ4v) is 6.02. The number of aromatic nitrogens is 1. The van der Waals surface area contributed by atoms with E-state index >= 15 is 0 Å². The van der Waals surface area contributed by atoms with Gasteiger partial charge in [0.15, 0.2) is 0 Å². The van der Waals surface area contributed by atoms with Crippen molar-refractivity contribution < 1.29 is 9.59 Å². The molecular formula is C25H39N3O2. The van der Waals surface area contributed by atoms with Gasteiger partial charge < -0.3 is 9.80 Å². The van der Waals surface area contributed by atoms with Crippen LogP contribution in [0.2, 0.25) is 0 Å². The lowest BCUT2D eigenvalue weighted by atomic mass is 9.79. The Kier molecular flexibility index (Phi) is 5.58. The molecule has 1 aromatic heterocycles. The standard InChI is InChI=1S/C25H39N3O2/c1-22(2)11-9-12-23(3,4)27(22)20(29)18-15-19(17-26-16-18)21(30)28-24(5,6)13-10-14-25(28,7)8/h15-17H,9-14H2,1-8H3. The van der Waals surface area contributed by atoms with E-state index in [1.807, 2.05) is 9.80 Å². The van der Waals surface area contributed by atoms with E-state index in [-0.39, 0.29) is 34.0 Å². The van der Waals surface area contributed by atoms with Crippen molar-refractivity contribution in [3.63, 3.8) is 0 Å². The molecule has 2 aliphatic rings. The Hall–Kier alpha value is -1.91. The minimum absolute atomic E-state index is 0.0379. The predicted octanol–water partition coefficient (Wildman–Crippen LogP) is 5.45. The first kappa shape index (κ1) is 22.8. The van der Waals surface area contributed by atoms with Crippen molar-refractivity contribution in [2.75, 3.05) is 0 Å². The number of hydrogen-bond donors (Lipinski definition) is 0. The Morgan fingerprint density at radius 1 is 0.667 bits per heavy atom. The minimum Gasteiger partial charge on any atom is -0.328 e. The summed E-state index contributed by atoms with van der Waals surface area (Å²) in [7, 11) is 0. The quantitative estimate of drug-likeness (QED) is 0.648. The summed E-state index contributed by atoms with van der Waals surface area (Å²) in [5.41, 5.74) is 0.0876. The fourth-order valence-electron chi connectivity index (χ4n) is 6.02. The molecule has 3 heterocycles. The number of hydrogen-bond acceptors (Lipinski definition) is 3. The van der Waals surface area contributed by atoms with E-state index < -0.39 is 0 Å². The number of carbonyl (C=O) groups excluding carboxylic acids is 2. The highest BCUT2D eigenvalue weighted by atomic mass is 16.2. The summed E-state index contributed by atoms with van der Waals surface area (Å²) in [6.07, 6.45) is 9.33. The van der Waals surface area contributed by atoms with Crippen LogP contribution >= 0.6 is 0 Å². The van der Waals surface area contributed by atoms with Crippen molar-refractivity contribution >= 4 is 11.8 Å². The van der Waals surface area contributed by atoms with Crippen molar-refractivity contribution in [3.8, 4) is 0 Å². The number of likely N-dealkylation sites (tertiary alicyclic amines) is 2. The SMILES string of the molecule is CC1(C)CCCC(C)(C)N1C(=O)c1cncc(C(=O)N2C(C)(C)CCCC2(C)C)c1. The lowest BCUT2D eigenvalue weighted by molar-refractivity contribution is -0.0113. The lowest BCUT2D eigenvalue weighted by Crippen LogP contribution is -2.61. The molecular weight excluding hydrogens is 374 g/mol. The molecule has 2 amide bonds. The van der Waals surface area contributed by atoms with Crippen LogP contribution in [0.3, 0.4) is 0 Å². The molecule has 0 aliphatic carbocycles. The van der Waals surface area contributed by atoms with Crippen LogP contribution < -0.4 is 0 Å². The molecule has 0 N–H and O–H groups in total. The van der Waals surface area contributed by atoms with Gasteiger partial charge in [0, 0.05) is 34.5 Å². The maximum atomic E-state index is 13.6. The van der Waals surface area contributed by atoms with Crippen molar-refractivity contribution in [1.29, 1.82) is 0 Å². The molecule has 2 aliphatic heterocycles. The molecule has 3 rings (SSSR count). The Labute approximate surface area is 182 Å². The Morgan fingerprint density at radius 3 is 1.27 bits per heavy atom. The monoisotopic (exact) mass is 413 g/mol. The zero-order chi connectivity index (χ0) is 22.5. The van der Waals surface area contributed by atoms with E-state index in [0.29, 0.717) is 11.1 Å². The van der Waals surface area contributed by atoms with Crippen LogP contribution in [0.5, 0.6) is 0 Å². The minimum atomic E-state index is -0.226. The summed E-state index contributed by atoms with van der Waals surface area (Å²) in [6, 6.07) is 1.75. The van der Waals surface area contributed by atoms with E-state index in [0.717, 1.165) is 38.5 Å². The topological polar surface area (TPSA) is 53.5 Å². The second kappa shape index (κ2) is 7.35. The summed E-state index contributed by atoms with van der Waals surface area (Å²) in [5.74, 6) is -0.0759. The van der Waals surface area contributed by atoms with Gasteiger partial charge in [-0.25, -0.2) is 0 Å². The summed E-state index contributed by atoms with van der Waals surface area (Å²) in [4.78, 5) is 35.5. The van der Waals surface area contributed by atoms with Gasteiger partial charge in [-0.1, -0.05) is 0 Å². The molecule has 0 bridgehead atoms. The van der Waals surface area contributed by atoms with E-state index in [2.05, 4.69) is 60.4 Å². The molecule has 1 aromatic rings. The zero-order valence-corrected chi connectivity index (χ0v) is 20.1. The van der Waals surface area contributed by atoms with Gasteiger partial charge in [0.2, 0.25) is 0 Å². The van der Waals surface area contributed by atoms with Crippen LogP contribution in [0.25, 0.3) is 0 Å². The van der Waals surface area contributed by atoms with Crippen molar-refractivity contribution in [2.24, 2.45) is 0 Å². The molecule has 0 aromatic carbocycles. The summed E-state index contributed by atoms with van der Waals surface area (Å²) < 4.78 is 0. The molecule has 0 spiro atoms. The van der Waals surface area contributed by atoms with Crippen LogP contribution in [-0.2, 0) is 0 Å². The lowest BCUT2D eigenvalue weighted by Gasteiger charge is -2.53. The normalized spacial score (nSPS) is 24.4. The van der Waals surface area contributed by atoms with Gasteiger partial charge in [-0.3, -0.25) is 14.6 Å². The van der Waals surface area contributed by atoms with Crippen LogP contribution in [0, 0.1) is 0 Å². The molecule has 0 radical (unpaired) electrons. The van der Waals surface area contributed by atoms with Gasteiger partial charge in [0.25, 0.3) is 11.8 Å². The van der Waals surface area contributed by atoms with E-state index in [4.69, 9.17) is 0 Å². The molecule has 5 heteroatoms. The van der Waals surface area contributed by atoms with Crippen LogP contribution in [-0.4, -0.2) is 48.8 Å². The van der Waals surface area contributed by atoms with Crippen molar-refractivity contribution in [3.05, 3.63) is 29.6 Å². The second-order valence-electron chi connectivity index (χ2n) is 11.7. The number of amides is 2. The highest BCUT2D eigenvalue weighted by molar-refractivity contribution is 6.00. The molecule has 166 valence electrons. The smallest absolute Gasteiger partial charge is 0.256 e. The van der Waals surface area contributed by atoms with Gasteiger partial charge in [0.05, 0.1) is 11.1 Å². The molecule has 30 heavy (non-hydrogen) atoms. The molecule has 2 fully saturated rings. The third kappa shape index (κ3) is 4.00. The first-order valence-electron chi connectivity index (χ1n) is 11.3.